The minimum absolute atomic E-state index is 0.0781. The summed E-state index contributed by atoms with van der Waals surface area (Å²) in [6, 6.07) is 9.95. The van der Waals surface area contributed by atoms with Crippen molar-refractivity contribution in [3.8, 4) is 0 Å². The van der Waals surface area contributed by atoms with E-state index < -0.39 is 0 Å². The van der Waals surface area contributed by atoms with Gasteiger partial charge in [-0.05, 0) is 18.4 Å². The van der Waals surface area contributed by atoms with Gasteiger partial charge in [0.25, 0.3) is 0 Å². The van der Waals surface area contributed by atoms with E-state index in [1.54, 1.807) is 6.92 Å². The van der Waals surface area contributed by atoms with Crippen LogP contribution in [0.1, 0.15) is 38.7 Å². The van der Waals surface area contributed by atoms with Gasteiger partial charge in [-0.3, -0.25) is 4.79 Å². The standard InChI is InChI=1S/C17H28N2O2/c1-4-13(2)16(15-8-6-5-7-9-15)17(21)19-11-10-18-12-14(3)20/h5-9,13-14,16,18,20H,4,10-12H2,1-3H3,(H,19,21). The highest BCUT2D eigenvalue weighted by Gasteiger charge is 2.25. The first-order valence-electron chi connectivity index (χ1n) is 7.77. The lowest BCUT2D eigenvalue weighted by Crippen LogP contribution is -2.38. The number of carbonyl (C=O) groups excluding carboxylic acids is 1. The Morgan fingerprint density at radius 1 is 1.19 bits per heavy atom. The lowest BCUT2D eigenvalue weighted by Gasteiger charge is -2.23. The van der Waals surface area contributed by atoms with E-state index in [0.717, 1.165) is 12.0 Å². The number of carbonyl (C=O) groups is 1. The zero-order valence-electron chi connectivity index (χ0n) is 13.3. The maximum Gasteiger partial charge on any atom is 0.227 e. The van der Waals surface area contributed by atoms with Gasteiger partial charge in [0.1, 0.15) is 0 Å². The summed E-state index contributed by atoms with van der Waals surface area (Å²) in [5.41, 5.74) is 1.07. The Balaban J connectivity index is 2.53. The van der Waals surface area contributed by atoms with Crippen molar-refractivity contribution in [2.45, 2.75) is 39.2 Å². The van der Waals surface area contributed by atoms with Crippen molar-refractivity contribution in [1.82, 2.24) is 10.6 Å². The molecule has 0 saturated heterocycles. The molecule has 1 rings (SSSR count). The van der Waals surface area contributed by atoms with Crippen LogP contribution in [0.2, 0.25) is 0 Å². The number of aliphatic hydroxyl groups excluding tert-OH is 1. The van der Waals surface area contributed by atoms with Crippen LogP contribution >= 0.6 is 0 Å². The van der Waals surface area contributed by atoms with Crippen molar-refractivity contribution in [3.05, 3.63) is 35.9 Å². The fraction of sp³-hybridized carbons (Fsp3) is 0.588. The highest BCUT2D eigenvalue weighted by molar-refractivity contribution is 5.83. The van der Waals surface area contributed by atoms with Crippen molar-refractivity contribution >= 4 is 5.91 Å². The highest BCUT2D eigenvalue weighted by atomic mass is 16.3. The van der Waals surface area contributed by atoms with E-state index in [1.807, 2.05) is 30.3 Å². The number of hydrogen-bond acceptors (Lipinski definition) is 3. The summed E-state index contributed by atoms with van der Waals surface area (Å²) in [7, 11) is 0. The summed E-state index contributed by atoms with van der Waals surface area (Å²) < 4.78 is 0. The van der Waals surface area contributed by atoms with Crippen LogP contribution in [0.3, 0.4) is 0 Å². The minimum Gasteiger partial charge on any atom is -0.392 e. The molecule has 1 aromatic carbocycles. The second-order valence-electron chi connectivity index (χ2n) is 5.62. The van der Waals surface area contributed by atoms with Crippen LogP contribution in [0.25, 0.3) is 0 Å². The number of benzene rings is 1. The third-order valence-corrected chi connectivity index (χ3v) is 3.69. The average molecular weight is 292 g/mol. The van der Waals surface area contributed by atoms with E-state index >= 15 is 0 Å². The molecule has 21 heavy (non-hydrogen) atoms. The Kier molecular flexibility index (Phi) is 8.01. The first-order chi connectivity index (χ1) is 10.1. The van der Waals surface area contributed by atoms with Crippen LogP contribution in [-0.2, 0) is 4.79 Å². The zero-order chi connectivity index (χ0) is 15.7. The van der Waals surface area contributed by atoms with Crippen molar-refractivity contribution < 1.29 is 9.90 Å². The molecule has 0 aliphatic heterocycles. The lowest BCUT2D eigenvalue weighted by molar-refractivity contribution is -0.123. The van der Waals surface area contributed by atoms with Crippen LogP contribution in [-0.4, -0.2) is 36.8 Å². The molecular weight excluding hydrogens is 264 g/mol. The molecular formula is C17H28N2O2. The molecule has 0 saturated carbocycles. The van der Waals surface area contributed by atoms with Crippen LogP contribution in [0, 0.1) is 5.92 Å². The molecule has 0 aromatic heterocycles. The first kappa shape index (κ1) is 17.7. The third kappa shape index (κ3) is 6.27. The molecule has 4 nitrogen and oxygen atoms in total. The van der Waals surface area contributed by atoms with Gasteiger partial charge in [0.15, 0.2) is 0 Å². The summed E-state index contributed by atoms with van der Waals surface area (Å²) in [6.07, 6.45) is 0.602. The van der Waals surface area contributed by atoms with Gasteiger partial charge in [-0.15, -0.1) is 0 Å². The topological polar surface area (TPSA) is 61.4 Å². The van der Waals surface area contributed by atoms with E-state index in [0.29, 0.717) is 25.6 Å². The summed E-state index contributed by atoms with van der Waals surface area (Å²) in [6.45, 7) is 7.74. The van der Waals surface area contributed by atoms with Gasteiger partial charge >= 0.3 is 0 Å². The van der Waals surface area contributed by atoms with Crippen molar-refractivity contribution in [1.29, 1.82) is 0 Å². The Labute approximate surface area is 128 Å². The monoisotopic (exact) mass is 292 g/mol. The molecule has 0 bridgehead atoms. The number of hydrogen-bond donors (Lipinski definition) is 3. The molecule has 0 spiro atoms. The molecule has 3 unspecified atom stereocenters. The molecule has 118 valence electrons. The number of aliphatic hydroxyl groups is 1. The Bertz CT molecular complexity index is 407. The third-order valence-electron chi connectivity index (χ3n) is 3.69. The average Bonchev–Trinajstić information content (AvgIpc) is 2.47. The van der Waals surface area contributed by atoms with E-state index in [-0.39, 0.29) is 17.9 Å². The smallest absolute Gasteiger partial charge is 0.227 e. The highest BCUT2D eigenvalue weighted by Crippen LogP contribution is 2.26. The fourth-order valence-electron chi connectivity index (χ4n) is 2.33. The van der Waals surface area contributed by atoms with Crippen molar-refractivity contribution in [2.24, 2.45) is 5.92 Å². The molecule has 0 aliphatic carbocycles. The van der Waals surface area contributed by atoms with Gasteiger partial charge < -0.3 is 15.7 Å². The van der Waals surface area contributed by atoms with Crippen LogP contribution in [0.5, 0.6) is 0 Å². The Hall–Kier alpha value is -1.39. The van der Waals surface area contributed by atoms with Crippen LogP contribution in [0.4, 0.5) is 0 Å². The van der Waals surface area contributed by atoms with Gasteiger partial charge in [0, 0.05) is 19.6 Å². The SMILES string of the molecule is CCC(C)C(C(=O)NCCNCC(C)O)c1ccccc1. The summed E-state index contributed by atoms with van der Waals surface area (Å²) in [5.74, 6) is 0.278. The van der Waals surface area contributed by atoms with Crippen LogP contribution < -0.4 is 10.6 Å². The molecule has 0 heterocycles. The van der Waals surface area contributed by atoms with Crippen LogP contribution in [0.15, 0.2) is 30.3 Å². The summed E-state index contributed by atoms with van der Waals surface area (Å²) >= 11 is 0. The van der Waals surface area contributed by atoms with E-state index in [1.165, 1.54) is 0 Å². The van der Waals surface area contributed by atoms with Crippen molar-refractivity contribution in [2.75, 3.05) is 19.6 Å². The molecule has 1 aromatic rings. The minimum atomic E-state index is -0.363. The predicted octanol–water partition coefficient (Wildman–Crippen LogP) is 1.90. The van der Waals surface area contributed by atoms with Gasteiger partial charge in [0.2, 0.25) is 5.91 Å². The lowest BCUT2D eigenvalue weighted by atomic mass is 9.85. The number of amides is 1. The van der Waals surface area contributed by atoms with Gasteiger partial charge in [-0.25, -0.2) is 0 Å². The fourth-order valence-corrected chi connectivity index (χ4v) is 2.33. The molecule has 0 radical (unpaired) electrons. The zero-order valence-corrected chi connectivity index (χ0v) is 13.3. The largest absolute Gasteiger partial charge is 0.392 e. The molecule has 0 aliphatic rings. The second-order valence-corrected chi connectivity index (χ2v) is 5.62. The maximum atomic E-state index is 12.5. The maximum absolute atomic E-state index is 12.5. The molecule has 4 heteroatoms. The number of rotatable bonds is 9. The first-order valence-corrected chi connectivity index (χ1v) is 7.77. The normalized spacial score (nSPS) is 15.2. The predicted molar refractivity (Wildman–Crippen MR) is 86.2 cm³/mol. The van der Waals surface area contributed by atoms with Gasteiger partial charge in [0.05, 0.1) is 12.0 Å². The molecule has 3 atom stereocenters. The van der Waals surface area contributed by atoms with Gasteiger partial charge in [-0.2, -0.15) is 0 Å². The summed E-state index contributed by atoms with van der Waals surface area (Å²) in [4.78, 5) is 12.5. The Morgan fingerprint density at radius 2 is 1.86 bits per heavy atom. The molecule has 1 amide bonds. The quantitative estimate of drug-likeness (QED) is 0.609. The molecule has 0 fully saturated rings. The van der Waals surface area contributed by atoms with E-state index in [9.17, 15) is 4.79 Å². The Morgan fingerprint density at radius 3 is 2.43 bits per heavy atom. The molecule has 3 N–H and O–H groups in total. The second kappa shape index (κ2) is 9.53. The summed E-state index contributed by atoms with van der Waals surface area (Å²) in [5, 5.41) is 15.2. The number of nitrogens with one attached hydrogen (secondary N) is 2. The van der Waals surface area contributed by atoms with Gasteiger partial charge in [-0.1, -0.05) is 50.6 Å². The van der Waals surface area contributed by atoms with E-state index in [2.05, 4.69) is 24.5 Å². The van der Waals surface area contributed by atoms with E-state index in [4.69, 9.17) is 5.11 Å². The van der Waals surface area contributed by atoms with Crippen molar-refractivity contribution in [3.63, 3.8) is 0 Å².